The Kier molecular flexibility index (Phi) is 4.55. The zero-order valence-electron chi connectivity index (χ0n) is 14.2. The van der Waals surface area contributed by atoms with Crippen molar-refractivity contribution in [1.29, 1.82) is 0 Å². The highest BCUT2D eigenvalue weighted by molar-refractivity contribution is 5.81. The maximum absolute atomic E-state index is 13.0. The molecule has 1 amide bonds. The quantitative estimate of drug-likeness (QED) is 0.856. The van der Waals surface area contributed by atoms with E-state index in [0.717, 1.165) is 31.7 Å². The molecule has 3 heterocycles. The third-order valence-electron chi connectivity index (χ3n) is 5.06. The number of pyridine rings is 1. The predicted octanol–water partition coefficient (Wildman–Crippen LogP) is 0.116. The lowest BCUT2D eigenvalue weighted by atomic mass is 9.79. The summed E-state index contributed by atoms with van der Waals surface area (Å²) in [6, 6.07) is 4.99. The molecule has 2 aliphatic heterocycles. The van der Waals surface area contributed by atoms with Gasteiger partial charge < -0.3 is 15.1 Å². The molecule has 0 aliphatic carbocycles. The van der Waals surface area contributed by atoms with Gasteiger partial charge in [-0.2, -0.15) is 0 Å². The number of fused-ring (bicyclic) bond motifs is 4. The minimum atomic E-state index is -0.380. The lowest BCUT2D eigenvalue weighted by molar-refractivity contribution is -0.136. The zero-order valence-corrected chi connectivity index (χ0v) is 14.2. The first kappa shape index (κ1) is 16.2. The van der Waals surface area contributed by atoms with Crippen molar-refractivity contribution in [3.8, 4) is 0 Å². The fourth-order valence-corrected chi connectivity index (χ4v) is 3.80. The Morgan fingerprint density at radius 3 is 2.78 bits per heavy atom. The molecule has 0 spiro atoms. The van der Waals surface area contributed by atoms with Crippen LogP contribution in [0.3, 0.4) is 0 Å². The SMILES string of the molecule is CN(C)CCN(C)C(=O)[C@H]1[C@@H]2CNC[C@@H](C2)c2cccc(=O)n21. The summed E-state index contributed by atoms with van der Waals surface area (Å²) < 4.78 is 1.76. The second-order valence-corrected chi connectivity index (χ2v) is 7.02. The highest BCUT2D eigenvalue weighted by Crippen LogP contribution is 2.39. The number of carbonyl (C=O) groups excluding carboxylic acids is 1. The molecule has 3 rings (SSSR count). The summed E-state index contributed by atoms with van der Waals surface area (Å²) in [5.41, 5.74) is 0.943. The minimum absolute atomic E-state index is 0.0496. The number of rotatable bonds is 4. The first-order chi connectivity index (χ1) is 11.0. The first-order valence-electron chi connectivity index (χ1n) is 8.31. The normalized spacial score (nSPS) is 26.0. The van der Waals surface area contributed by atoms with E-state index in [0.29, 0.717) is 12.5 Å². The van der Waals surface area contributed by atoms with E-state index >= 15 is 0 Å². The van der Waals surface area contributed by atoms with Crippen LogP contribution in [0.25, 0.3) is 0 Å². The smallest absolute Gasteiger partial charge is 0.251 e. The van der Waals surface area contributed by atoms with Crippen LogP contribution in [0.1, 0.15) is 24.1 Å². The van der Waals surface area contributed by atoms with Gasteiger partial charge in [0.05, 0.1) is 0 Å². The van der Waals surface area contributed by atoms with Crippen molar-refractivity contribution in [3.05, 3.63) is 34.2 Å². The fourth-order valence-electron chi connectivity index (χ4n) is 3.80. The van der Waals surface area contributed by atoms with Gasteiger partial charge in [-0.05, 0) is 26.6 Å². The van der Waals surface area contributed by atoms with Crippen molar-refractivity contribution in [2.45, 2.75) is 18.4 Å². The number of likely N-dealkylation sites (N-methyl/N-ethyl adjacent to an activating group) is 2. The van der Waals surface area contributed by atoms with Crippen molar-refractivity contribution in [3.63, 3.8) is 0 Å². The Morgan fingerprint density at radius 1 is 1.26 bits per heavy atom. The summed E-state index contributed by atoms with van der Waals surface area (Å²) in [7, 11) is 5.82. The Hall–Kier alpha value is -1.66. The van der Waals surface area contributed by atoms with E-state index in [1.165, 1.54) is 0 Å². The number of aromatic nitrogens is 1. The number of nitrogens with one attached hydrogen (secondary N) is 1. The molecular weight excluding hydrogens is 292 g/mol. The van der Waals surface area contributed by atoms with Crippen LogP contribution in [0.4, 0.5) is 0 Å². The largest absolute Gasteiger partial charge is 0.343 e. The molecule has 0 saturated carbocycles. The Labute approximate surface area is 137 Å². The Morgan fingerprint density at radius 2 is 2.04 bits per heavy atom. The average molecular weight is 318 g/mol. The van der Waals surface area contributed by atoms with Gasteiger partial charge in [-0.15, -0.1) is 0 Å². The maximum atomic E-state index is 13.0. The van der Waals surface area contributed by atoms with Gasteiger partial charge in [0.1, 0.15) is 6.04 Å². The molecule has 1 saturated heterocycles. The van der Waals surface area contributed by atoms with Gasteiger partial charge in [0.15, 0.2) is 0 Å². The summed E-state index contributed by atoms with van der Waals surface area (Å²) in [5, 5.41) is 3.43. The second kappa shape index (κ2) is 6.45. The highest BCUT2D eigenvalue weighted by atomic mass is 16.2. The van der Waals surface area contributed by atoms with Crippen molar-refractivity contribution in [2.75, 3.05) is 47.3 Å². The van der Waals surface area contributed by atoms with E-state index < -0.39 is 0 Å². The van der Waals surface area contributed by atoms with Gasteiger partial charge in [0, 0.05) is 56.8 Å². The summed E-state index contributed by atoms with van der Waals surface area (Å²) in [6.07, 6.45) is 0.981. The second-order valence-electron chi connectivity index (χ2n) is 7.02. The average Bonchev–Trinajstić information content (AvgIpc) is 2.53. The molecule has 1 N–H and O–H groups in total. The van der Waals surface area contributed by atoms with Crippen LogP contribution < -0.4 is 10.9 Å². The monoisotopic (exact) mass is 318 g/mol. The summed E-state index contributed by atoms with van der Waals surface area (Å²) >= 11 is 0. The summed E-state index contributed by atoms with van der Waals surface area (Å²) in [4.78, 5) is 29.3. The van der Waals surface area contributed by atoms with E-state index in [2.05, 4.69) is 10.2 Å². The van der Waals surface area contributed by atoms with E-state index in [4.69, 9.17) is 0 Å². The number of carbonyl (C=O) groups is 1. The van der Waals surface area contributed by atoms with Crippen LogP contribution in [0, 0.1) is 5.92 Å². The Bertz CT molecular complexity index is 640. The molecule has 1 aromatic rings. The van der Waals surface area contributed by atoms with E-state index in [1.54, 1.807) is 21.6 Å². The molecule has 6 heteroatoms. The molecule has 0 aromatic carbocycles. The highest BCUT2D eigenvalue weighted by Gasteiger charge is 2.42. The first-order valence-corrected chi connectivity index (χ1v) is 8.31. The van der Waals surface area contributed by atoms with Crippen molar-refractivity contribution < 1.29 is 4.79 Å². The van der Waals surface area contributed by atoms with Crippen LogP contribution >= 0.6 is 0 Å². The molecule has 2 aliphatic rings. The van der Waals surface area contributed by atoms with Crippen LogP contribution in [0.15, 0.2) is 23.0 Å². The van der Waals surface area contributed by atoms with Gasteiger partial charge in [-0.1, -0.05) is 6.07 Å². The molecule has 0 unspecified atom stereocenters. The number of hydrogen-bond acceptors (Lipinski definition) is 4. The van der Waals surface area contributed by atoms with Gasteiger partial charge >= 0.3 is 0 Å². The molecular formula is C17H26N4O2. The third-order valence-corrected chi connectivity index (χ3v) is 5.06. The number of nitrogens with zero attached hydrogens (tertiary/aromatic N) is 3. The van der Waals surface area contributed by atoms with Crippen molar-refractivity contribution in [2.24, 2.45) is 5.92 Å². The zero-order chi connectivity index (χ0) is 16.6. The number of piperidine rings is 1. The van der Waals surface area contributed by atoms with Gasteiger partial charge in [0.25, 0.3) is 5.56 Å². The molecule has 23 heavy (non-hydrogen) atoms. The fraction of sp³-hybridized carbons (Fsp3) is 0.647. The van der Waals surface area contributed by atoms with Crippen LogP contribution in [-0.4, -0.2) is 67.6 Å². The number of hydrogen-bond donors (Lipinski definition) is 1. The van der Waals surface area contributed by atoms with Crippen LogP contribution in [0.5, 0.6) is 0 Å². The van der Waals surface area contributed by atoms with Crippen molar-refractivity contribution in [1.82, 2.24) is 19.7 Å². The predicted molar refractivity (Wildman–Crippen MR) is 89.6 cm³/mol. The molecule has 2 bridgehead atoms. The molecule has 126 valence electrons. The van der Waals surface area contributed by atoms with Gasteiger partial charge in [-0.3, -0.25) is 14.2 Å². The molecule has 6 nitrogen and oxygen atoms in total. The molecule has 1 aromatic heterocycles. The summed E-state index contributed by atoms with van der Waals surface area (Å²) in [6.45, 7) is 3.17. The molecule has 0 radical (unpaired) electrons. The van der Waals surface area contributed by atoms with E-state index in [-0.39, 0.29) is 23.4 Å². The minimum Gasteiger partial charge on any atom is -0.343 e. The molecule has 1 fully saturated rings. The van der Waals surface area contributed by atoms with Gasteiger partial charge in [0.2, 0.25) is 5.91 Å². The topological polar surface area (TPSA) is 57.6 Å². The van der Waals surface area contributed by atoms with Crippen molar-refractivity contribution >= 4 is 5.91 Å². The number of amides is 1. The van der Waals surface area contributed by atoms with E-state index in [1.807, 2.05) is 27.2 Å². The summed E-state index contributed by atoms with van der Waals surface area (Å²) in [5.74, 6) is 0.572. The standard InChI is InChI=1S/C17H26N4O2/c1-19(2)7-8-20(3)17(23)16-13-9-12(10-18-11-13)14-5-4-6-15(22)21(14)16/h4-6,12-13,16,18H,7-11H2,1-3H3/t12-,13+,16-/m1/s1. The third kappa shape index (κ3) is 3.05. The van der Waals surface area contributed by atoms with E-state index in [9.17, 15) is 9.59 Å². The lowest BCUT2D eigenvalue weighted by Gasteiger charge is -2.43. The van der Waals surface area contributed by atoms with Crippen LogP contribution in [-0.2, 0) is 4.79 Å². The maximum Gasteiger partial charge on any atom is 0.251 e. The lowest BCUT2D eigenvalue weighted by Crippen LogP contribution is -2.52. The molecule has 3 atom stereocenters. The Balaban J connectivity index is 1.93. The van der Waals surface area contributed by atoms with Crippen LogP contribution in [0.2, 0.25) is 0 Å². The van der Waals surface area contributed by atoms with Gasteiger partial charge in [-0.25, -0.2) is 0 Å².